The summed E-state index contributed by atoms with van der Waals surface area (Å²) in [7, 11) is 0. The van der Waals surface area contributed by atoms with Crippen molar-refractivity contribution in [3.05, 3.63) is 63.8 Å². The molecule has 0 saturated carbocycles. The normalized spacial score (nSPS) is 9.94. The number of benzene rings is 1. The lowest BCUT2D eigenvalue weighted by molar-refractivity contribution is -0.483. The quantitative estimate of drug-likeness (QED) is 0.620. The van der Waals surface area contributed by atoms with Crippen molar-refractivity contribution in [2.75, 3.05) is 5.01 Å². The summed E-state index contributed by atoms with van der Waals surface area (Å²) in [4.78, 5) is 15.0. The van der Waals surface area contributed by atoms with E-state index >= 15 is 0 Å². The highest BCUT2D eigenvalue weighted by atomic mass is 35.5. The van der Waals surface area contributed by atoms with Crippen LogP contribution in [0.4, 0.5) is 11.5 Å². The molecule has 0 fully saturated rings. The molecule has 0 atom stereocenters. The molecule has 0 aliphatic rings. The predicted octanol–water partition coefficient (Wildman–Crippen LogP) is 3.06. The Morgan fingerprint density at radius 1 is 1.24 bits per heavy atom. The number of pyridine rings is 1. The average molecular weight is 250 g/mol. The van der Waals surface area contributed by atoms with E-state index in [-0.39, 0.29) is 5.82 Å². The van der Waals surface area contributed by atoms with Crippen molar-refractivity contribution in [2.45, 2.75) is 0 Å². The maximum Gasteiger partial charge on any atom is 0.199 e. The Hall–Kier alpha value is -2.14. The number of nitrogens with zero attached hydrogens (tertiary/aromatic N) is 3. The molecular formula is C11H8ClN3O2. The second-order valence-corrected chi connectivity index (χ2v) is 3.65. The average Bonchev–Trinajstić information content (AvgIpc) is 2.30. The lowest BCUT2D eigenvalue weighted by atomic mass is 10.3. The molecular weight excluding hydrogens is 242 g/mol. The summed E-state index contributed by atoms with van der Waals surface area (Å²) in [5.41, 5.74) is 0.362. The first kappa shape index (κ1) is 11.3. The van der Waals surface area contributed by atoms with Gasteiger partial charge in [-0.3, -0.25) is 0 Å². The van der Waals surface area contributed by atoms with Gasteiger partial charge in [0.1, 0.15) is 5.69 Å². The van der Waals surface area contributed by atoms with Crippen LogP contribution in [0.3, 0.4) is 0 Å². The van der Waals surface area contributed by atoms with Gasteiger partial charge in [-0.25, -0.2) is 15.1 Å². The molecule has 0 aliphatic carbocycles. The van der Waals surface area contributed by atoms with E-state index in [0.29, 0.717) is 10.7 Å². The minimum absolute atomic E-state index is 0.236. The van der Waals surface area contributed by atoms with Crippen LogP contribution in [0.5, 0.6) is 0 Å². The van der Waals surface area contributed by atoms with Crippen molar-refractivity contribution in [3.63, 3.8) is 0 Å². The first-order valence-electron chi connectivity index (χ1n) is 4.79. The van der Waals surface area contributed by atoms with Gasteiger partial charge in [-0.2, -0.15) is 0 Å². The maximum atomic E-state index is 11.1. The molecule has 2 rings (SSSR count). The molecule has 17 heavy (non-hydrogen) atoms. The third-order valence-electron chi connectivity index (χ3n) is 2.08. The Bertz CT molecular complexity index is 533. The molecule has 0 bridgehead atoms. The first-order chi connectivity index (χ1) is 8.18. The lowest BCUT2D eigenvalue weighted by Gasteiger charge is -2.12. The summed E-state index contributed by atoms with van der Waals surface area (Å²) in [6.45, 7) is 0. The van der Waals surface area contributed by atoms with Crippen LogP contribution in [-0.4, -0.2) is 10.0 Å². The summed E-state index contributed by atoms with van der Waals surface area (Å²) in [6.07, 6.45) is 1.50. The van der Waals surface area contributed by atoms with E-state index in [0.717, 1.165) is 5.01 Å². The Morgan fingerprint density at radius 3 is 2.65 bits per heavy atom. The van der Waals surface area contributed by atoms with Crippen molar-refractivity contribution < 1.29 is 5.03 Å². The zero-order valence-electron chi connectivity index (χ0n) is 8.65. The summed E-state index contributed by atoms with van der Waals surface area (Å²) in [5.74, 6) is 0.236. The smallest absolute Gasteiger partial charge is 0.199 e. The lowest BCUT2D eigenvalue weighted by Crippen LogP contribution is -2.25. The maximum absolute atomic E-state index is 11.1. The van der Waals surface area contributed by atoms with Crippen LogP contribution in [0.1, 0.15) is 0 Å². The molecule has 0 unspecified atom stereocenters. The molecule has 1 aromatic heterocycles. The number of aromatic nitrogens is 1. The van der Waals surface area contributed by atoms with Crippen LogP contribution < -0.4 is 5.01 Å². The van der Waals surface area contributed by atoms with Gasteiger partial charge in [0.2, 0.25) is 0 Å². The van der Waals surface area contributed by atoms with Gasteiger partial charge in [-0.1, -0.05) is 23.7 Å². The summed E-state index contributed by atoms with van der Waals surface area (Å²) in [6, 6.07) is 11.4. The number of anilines is 2. The number of hydrazine groups is 1. The summed E-state index contributed by atoms with van der Waals surface area (Å²) >= 11 is 5.81. The van der Waals surface area contributed by atoms with Gasteiger partial charge < -0.3 is 0 Å². The van der Waals surface area contributed by atoms with E-state index in [1.165, 1.54) is 12.3 Å². The Morgan fingerprint density at radius 2 is 2.06 bits per heavy atom. The highest BCUT2D eigenvalue weighted by Gasteiger charge is 2.21. The fourth-order valence-electron chi connectivity index (χ4n) is 1.40. The Labute approximate surface area is 102 Å². The molecule has 5 nitrogen and oxygen atoms in total. The fourth-order valence-corrected chi connectivity index (χ4v) is 1.58. The molecule has 0 aliphatic heterocycles. The third-order valence-corrected chi connectivity index (χ3v) is 2.32. The standard InChI is InChI=1S/C11H8ClN3O2/c12-9-4-3-5-10(8-9)14(15(16)17)11-6-1-2-7-13-11/h1-8H. The van der Waals surface area contributed by atoms with E-state index in [4.69, 9.17) is 11.6 Å². The van der Waals surface area contributed by atoms with Gasteiger partial charge in [0.05, 0.1) is 0 Å². The van der Waals surface area contributed by atoms with Crippen LogP contribution >= 0.6 is 11.6 Å². The fraction of sp³-hybridized carbons (Fsp3) is 0. The van der Waals surface area contributed by atoms with Crippen molar-refractivity contribution in [1.82, 2.24) is 4.98 Å². The second-order valence-electron chi connectivity index (χ2n) is 3.22. The topological polar surface area (TPSA) is 59.3 Å². The summed E-state index contributed by atoms with van der Waals surface area (Å²) < 4.78 is 0. The van der Waals surface area contributed by atoms with Crippen LogP contribution in [-0.2, 0) is 0 Å². The van der Waals surface area contributed by atoms with Crippen molar-refractivity contribution >= 4 is 23.1 Å². The molecule has 0 amide bonds. The molecule has 0 saturated heterocycles. The second kappa shape index (κ2) is 4.80. The van der Waals surface area contributed by atoms with Crippen LogP contribution in [0, 0.1) is 10.1 Å². The number of halogens is 1. The summed E-state index contributed by atoms with van der Waals surface area (Å²) in [5, 5.41) is 11.8. The molecule has 1 aromatic carbocycles. The molecule has 6 heteroatoms. The number of hydrogen-bond donors (Lipinski definition) is 0. The number of hydrogen-bond acceptors (Lipinski definition) is 3. The van der Waals surface area contributed by atoms with Crippen LogP contribution in [0.25, 0.3) is 0 Å². The van der Waals surface area contributed by atoms with E-state index in [1.807, 2.05) is 0 Å². The van der Waals surface area contributed by atoms with Gasteiger partial charge >= 0.3 is 0 Å². The van der Waals surface area contributed by atoms with Crippen molar-refractivity contribution in [2.24, 2.45) is 0 Å². The number of rotatable bonds is 3. The zero-order valence-corrected chi connectivity index (χ0v) is 9.41. The minimum Gasteiger partial charge on any atom is -0.234 e. The predicted molar refractivity (Wildman–Crippen MR) is 64.8 cm³/mol. The first-order valence-corrected chi connectivity index (χ1v) is 5.17. The SMILES string of the molecule is O=[N+]([O-])N(c1cccc(Cl)c1)c1ccccn1. The van der Waals surface area contributed by atoms with Crippen molar-refractivity contribution in [3.8, 4) is 0 Å². The monoisotopic (exact) mass is 249 g/mol. The van der Waals surface area contributed by atoms with E-state index in [9.17, 15) is 10.1 Å². The molecule has 2 aromatic rings. The Kier molecular flexibility index (Phi) is 3.20. The minimum atomic E-state index is -0.534. The van der Waals surface area contributed by atoms with Gasteiger partial charge in [-0.05, 0) is 35.3 Å². The highest BCUT2D eigenvalue weighted by molar-refractivity contribution is 6.30. The third kappa shape index (κ3) is 2.51. The zero-order chi connectivity index (χ0) is 12.3. The molecule has 0 radical (unpaired) electrons. The van der Waals surface area contributed by atoms with Gasteiger partial charge in [0.15, 0.2) is 10.9 Å². The molecule has 1 heterocycles. The molecule has 86 valence electrons. The van der Waals surface area contributed by atoms with E-state index in [1.54, 1.807) is 36.4 Å². The van der Waals surface area contributed by atoms with E-state index < -0.39 is 5.03 Å². The Balaban J connectivity index is 2.47. The van der Waals surface area contributed by atoms with Crippen molar-refractivity contribution in [1.29, 1.82) is 0 Å². The largest absolute Gasteiger partial charge is 0.234 e. The molecule has 0 spiro atoms. The highest BCUT2D eigenvalue weighted by Crippen LogP contribution is 2.25. The van der Waals surface area contributed by atoms with Gasteiger partial charge in [0.25, 0.3) is 0 Å². The van der Waals surface area contributed by atoms with Gasteiger partial charge in [-0.15, -0.1) is 0 Å². The van der Waals surface area contributed by atoms with Crippen LogP contribution in [0.2, 0.25) is 5.02 Å². The van der Waals surface area contributed by atoms with Gasteiger partial charge in [0, 0.05) is 11.2 Å². The van der Waals surface area contributed by atoms with Crippen LogP contribution in [0.15, 0.2) is 48.7 Å². The number of nitro groups is 1. The molecule has 0 N–H and O–H groups in total. The van der Waals surface area contributed by atoms with E-state index in [2.05, 4.69) is 4.98 Å².